The SMILES string of the molecule is Oc1c(Br)cccc1CNC1Cc2ccccc2C1. The van der Waals surface area contributed by atoms with Gasteiger partial charge >= 0.3 is 0 Å². The number of nitrogens with one attached hydrogen (secondary N) is 1. The highest BCUT2D eigenvalue weighted by Crippen LogP contribution is 2.28. The number of para-hydroxylation sites is 1. The van der Waals surface area contributed by atoms with Gasteiger partial charge in [-0.2, -0.15) is 0 Å². The summed E-state index contributed by atoms with van der Waals surface area (Å²) in [4.78, 5) is 0. The number of benzene rings is 2. The molecule has 3 rings (SSSR count). The lowest BCUT2D eigenvalue weighted by molar-refractivity contribution is 0.454. The van der Waals surface area contributed by atoms with Crippen molar-refractivity contribution in [2.24, 2.45) is 0 Å². The Balaban J connectivity index is 1.64. The molecule has 2 aromatic carbocycles. The molecule has 1 aliphatic rings. The number of phenolic OH excluding ortho intramolecular Hbond substituents is 1. The highest BCUT2D eigenvalue weighted by Gasteiger charge is 2.20. The largest absolute Gasteiger partial charge is 0.506 e. The van der Waals surface area contributed by atoms with Crippen molar-refractivity contribution in [3.05, 3.63) is 63.6 Å². The Hall–Kier alpha value is -1.32. The predicted molar refractivity (Wildman–Crippen MR) is 80.3 cm³/mol. The monoisotopic (exact) mass is 317 g/mol. The van der Waals surface area contributed by atoms with Crippen LogP contribution in [-0.4, -0.2) is 11.1 Å². The van der Waals surface area contributed by atoms with Crippen LogP contribution in [0.5, 0.6) is 5.75 Å². The van der Waals surface area contributed by atoms with Gasteiger partial charge in [0.2, 0.25) is 0 Å². The first-order valence-electron chi connectivity index (χ1n) is 6.50. The first-order valence-corrected chi connectivity index (χ1v) is 7.30. The average Bonchev–Trinajstić information content (AvgIpc) is 2.83. The zero-order valence-corrected chi connectivity index (χ0v) is 12.2. The summed E-state index contributed by atoms with van der Waals surface area (Å²) in [5.41, 5.74) is 3.82. The first kappa shape index (κ1) is 12.7. The fourth-order valence-corrected chi connectivity index (χ4v) is 3.07. The number of hydrogen-bond donors (Lipinski definition) is 2. The lowest BCUT2D eigenvalue weighted by Crippen LogP contribution is -2.28. The van der Waals surface area contributed by atoms with Crippen LogP contribution in [0.4, 0.5) is 0 Å². The third kappa shape index (κ3) is 2.67. The Morgan fingerprint density at radius 3 is 2.42 bits per heavy atom. The molecule has 0 atom stereocenters. The third-order valence-corrected chi connectivity index (χ3v) is 4.34. The fourth-order valence-electron chi connectivity index (χ4n) is 2.66. The van der Waals surface area contributed by atoms with Crippen molar-refractivity contribution in [1.29, 1.82) is 0 Å². The van der Waals surface area contributed by atoms with E-state index in [-0.39, 0.29) is 0 Å². The van der Waals surface area contributed by atoms with Gasteiger partial charge in [0.25, 0.3) is 0 Å². The molecule has 0 aliphatic heterocycles. The molecule has 19 heavy (non-hydrogen) atoms. The van der Waals surface area contributed by atoms with Crippen molar-refractivity contribution in [2.45, 2.75) is 25.4 Å². The van der Waals surface area contributed by atoms with Gasteiger partial charge in [0.15, 0.2) is 0 Å². The number of aromatic hydroxyl groups is 1. The van der Waals surface area contributed by atoms with E-state index in [0.29, 0.717) is 18.3 Å². The van der Waals surface area contributed by atoms with Crippen molar-refractivity contribution in [1.82, 2.24) is 5.32 Å². The molecule has 0 aromatic heterocycles. The van der Waals surface area contributed by atoms with E-state index in [0.717, 1.165) is 22.9 Å². The van der Waals surface area contributed by atoms with Gasteiger partial charge in [0, 0.05) is 18.2 Å². The Morgan fingerprint density at radius 1 is 1.05 bits per heavy atom. The fraction of sp³-hybridized carbons (Fsp3) is 0.250. The summed E-state index contributed by atoms with van der Waals surface area (Å²) in [7, 11) is 0. The quantitative estimate of drug-likeness (QED) is 0.909. The molecule has 0 saturated heterocycles. The van der Waals surface area contributed by atoms with Gasteiger partial charge in [-0.3, -0.25) is 0 Å². The van der Waals surface area contributed by atoms with Crippen LogP contribution in [0.15, 0.2) is 46.9 Å². The van der Waals surface area contributed by atoms with E-state index < -0.39 is 0 Å². The van der Waals surface area contributed by atoms with Crippen LogP contribution in [0.25, 0.3) is 0 Å². The van der Waals surface area contributed by atoms with E-state index in [9.17, 15) is 5.11 Å². The molecule has 1 aliphatic carbocycles. The number of fused-ring (bicyclic) bond motifs is 1. The number of halogens is 1. The maximum absolute atomic E-state index is 9.96. The molecule has 2 nitrogen and oxygen atoms in total. The highest BCUT2D eigenvalue weighted by molar-refractivity contribution is 9.10. The minimum absolute atomic E-state index is 0.338. The summed E-state index contributed by atoms with van der Waals surface area (Å²) < 4.78 is 0.751. The Morgan fingerprint density at radius 2 is 1.74 bits per heavy atom. The second-order valence-electron chi connectivity index (χ2n) is 5.00. The summed E-state index contributed by atoms with van der Waals surface area (Å²) in [5.74, 6) is 0.338. The van der Waals surface area contributed by atoms with Gasteiger partial charge in [-0.15, -0.1) is 0 Å². The maximum Gasteiger partial charge on any atom is 0.134 e. The average molecular weight is 318 g/mol. The number of rotatable bonds is 3. The normalized spacial score (nSPS) is 14.6. The minimum Gasteiger partial charge on any atom is -0.506 e. The zero-order chi connectivity index (χ0) is 13.2. The standard InChI is InChI=1S/C16H16BrNO/c17-15-7-3-6-13(16(15)19)10-18-14-8-11-4-1-2-5-12(11)9-14/h1-7,14,18-19H,8-10H2. The second kappa shape index (κ2) is 5.35. The summed E-state index contributed by atoms with van der Waals surface area (Å²) in [5, 5.41) is 13.5. The molecule has 98 valence electrons. The Bertz CT molecular complexity index is 572. The first-order chi connectivity index (χ1) is 9.24. The number of hydrogen-bond acceptors (Lipinski definition) is 2. The lowest BCUT2D eigenvalue weighted by Gasteiger charge is -2.13. The third-order valence-electron chi connectivity index (χ3n) is 3.70. The van der Waals surface area contributed by atoms with Crippen LogP contribution in [0.3, 0.4) is 0 Å². The van der Waals surface area contributed by atoms with Crippen molar-refractivity contribution >= 4 is 15.9 Å². The molecular weight excluding hydrogens is 302 g/mol. The van der Waals surface area contributed by atoms with Gasteiger partial charge < -0.3 is 10.4 Å². The van der Waals surface area contributed by atoms with E-state index in [2.05, 4.69) is 45.5 Å². The summed E-state index contributed by atoms with van der Waals surface area (Å²) in [6.45, 7) is 0.698. The molecular formula is C16H16BrNO. The predicted octanol–water partition coefficient (Wildman–Crippen LogP) is 3.41. The zero-order valence-electron chi connectivity index (χ0n) is 10.6. The van der Waals surface area contributed by atoms with Crippen LogP contribution in [0, 0.1) is 0 Å². The van der Waals surface area contributed by atoms with Gasteiger partial charge in [-0.05, 0) is 46.0 Å². The topological polar surface area (TPSA) is 32.3 Å². The molecule has 0 radical (unpaired) electrons. The lowest BCUT2D eigenvalue weighted by atomic mass is 10.1. The molecule has 3 heteroatoms. The smallest absolute Gasteiger partial charge is 0.134 e. The van der Waals surface area contributed by atoms with Crippen LogP contribution < -0.4 is 5.32 Å². The van der Waals surface area contributed by atoms with Crippen molar-refractivity contribution in [2.75, 3.05) is 0 Å². The van der Waals surface area contributed by atoms with E-state index in [4.69, 9.17) is 0 Å². The summed E-state index contributed by atoms with van der Waals surface area (Å²) >= 11 is 3.35. The molecule has 0 fully saturated rings. The molecule has 0 heterocycles. The molecule has 0 unspecified atom stereocenters. The van der Waals surface area contributed by atoms with E-state index >= 15 is 0 Å². The van der Waals surface area contributed by atoms with Gasteiger partial charge in [-0.25, -0.2) is 0 Å². The van der Waals surface area contributed by atoms with Gasteiger partial charge in [-0.1, -0.05) is 36.4 Å². The van der Waals surface area contributed by atoms with Gasteiger partial charge in [0.05, 0.1) is 4.47 Å². The van der Waals surface area contributed by atoms with Crippen LogP contribution in [0.2, 0.25) is 0 Å². The second-order valence-corrected chi connectivity index (χ2v) is 5.86. The number of phenols is 1. The van der Waals surface area contributed by atoms with Crippen molar-refractivity contribution in [3.63, 3.8) is 0 Å². The summed E-state index contributed by atoms with van der Waals surface area (Å²) in [6, 6.07) is 14.8. The Labute approximate surface area is 121 Å². The highest BCUT2D eigenvalue weighted by atomic mass is 79.9. The Kier molecular flexibility index (Phi) is 3.58. The molecule has 2 N–H and O–H groups in total. The molecule has 0 spiro atoms. The van der Waals surface area contributed by atoms with E-state index in [1.165, 1.54) is 11.1 Å². The van der Waals surface area contributed by atoms with Crippen molar-refractivity contribution < 1.29 is 5.11 Å². The molecule has 2 aromatic rings. The van der Waals surface area contributed by atoms with Crippen molar-refractivity contribution in [3.8, 4) is 5.75 Å². The molecule has 0 saturated carbocycles. The minimum atomic E-state index is 0.338. The van der Waals surface area contributed by atoms with E-state index in [1.807, 2.05) is 18.2 Å². The molecule has 0 amide bonds. The van der Waals surface area contributed by atoms with Crippen LogP contribution in [0.1, 0.15) is 16.7 Å². The summed E-state index contributed by atoms with van der Waals surface area (Å²) in [6.07, 6.45) is 2.15. The van der Waals surface area contributed by atoms with Crippen LogP contribution >= 0.6 is 15.9 Å². The van der Waals surface area contributed by atoms with Gasteiger partial charge in [0.1, 0.15) is 5.75 Å². The maximum atomic E-state index is 9.96. The molecule has 0 bridgehead atoms. The van der Waals surface area contributed by atoms with E-state index in [1.54, 1.807) is 0 Å². The van der Waals surface area contributed by atoms with Crippen LogP contribution in [-0.2, 0) is 19.4 Å².